The molecule has 4 heterocycles. The lowest BCUT2D eigenvalue weighted by molar-refractivity contribution is -0.123. The first-order valence-corrected chi connectivity index (χ1v) is 12.1. The highest BCUT2D eigenvalue weighted by molar-refractivity contribution is 5.79. The third kappa shape index (κ3) is 8.15. The molecule has 3 aromatic rings. The fraction of sp³-hybridized carbons (Fsp3) is 0.400. The highest BCUT2D eigenvalue weighted by atomic mass is 19.1. The normalized spacial score (nSPS) is 14.9. The van der Waals surface area contributed by atoms with E-state index in [-0.39, 0.29) is 29.4 Å². The van der Waals surface area contributed by atoms with Gasteiger partial charge in [0.05, 0.1) is 11.2 Å². The predicted molar refractivity (Wildman–Crippen MR) is 135 cm³/mol. The van der Waals surface area contributed by atoms with Crippen LogP contribution in [0.25, 0.3) is 10.9 Å². The van der Waals surface area contributed by atoms with Gasteiger partial charge in [-0.3, -0.25) is 14.4 Å². The molecular formula is C25H29F2N5O7. The van der Waals surface area contributed by atoms with E-state index in [1.54, 1.807) is 0 Å². The second-order valence-electron chi connectivity index (χ2n) is 8.55. The average Bonchev–Trinajstić information content (AvgIpc) is 2.92. The van der Waals surface area contributed by atoms with Crippen LogP contribution in [0.5, 0.6) is 11.6 Å². The van der Waals surface area contributed by atoms with Crippen molar-refractivity contribution in [3.8, 4) is 11.6 Å². The van der Waals surface area contributed by atoms with E-state index in [2.05, 4.69) is 20.4 Å². The zero-order chi connectivity index (χ0) is 28.2. The lowest BCUT2D eigenvalue weighted by Crippen LogP contribution is -2.43. The van der Waals surface area contributed by atoms with Crippen molar-refractivity contribution in [2.45, 2.75) is 32.0 Å². The van der Waals surface area contributed by atoms with Crippen molar-refractivity contribution in [3.05, 3.63) is 58.0 Å². The second-order valence-corrected chi connectivity index (χ2v) is 8.55. The van der Waals surface area contributed by atoms with Gasteiger partial charge in [0.2, 0.25) is 0 Å². The lowest BCUT2D eigenvalue weighted by atomic mass is 10.0. The molecule has 0 bridgehead atoms. The number of aromatic nitrogens is 3. The first-order valence-electron chi connectivity index (χ1n) is 12.1. The van der Waals surface area contributed by atoms with Gasteiger partial charge in [-0.25, -0.2) is 8.78 Å². The van der Waals surface area contributed by atoms with E-state index in [4.69, 9.17) is 29.3 Å². The Morgan fingerprint density at radius 1 is 1.00 bits per heavy atom. The molecule has 2 aliphatic rings. The van der Waals surface area contributed by atoms with Crippen molar-refractivity contribution in [1.29, 1.82) is 0 Å². The number of hydrogen-bond acceptors (Lipinski definition) is 9. The third-order valence-corrected chi connectivity index (χ3v) is 6.18. The minimum absolute atomic E-state index is 0.250. The molecule has 0 saturated carbocycles. The fourth-order valence-corrected chi connectivity index (χ4v) is 4.39. The molecule has 2 aliphatic heterocycles. The van der Waals surface area contributed by atoms with Crippen LogP contribution in [0.4, 0.5) is 8.78 Å². The van der Waals surface area contributed by atoms with Gasteiger partial charge in [-0.05, 0) is 38.1 Å². The number of benzene rings is 1. The molecule has 39 heavy (non-hydrogen) atoms. The largest absolute Gasteiger partial charge is 0.484 e. The summed E-state index contributed by atoms with van der Waals surface area (Å²) in [5, 5.41) is 25.8. The van der Waals surface area contributed by atoms with Crippen molar-refractivity contribution in [2.75, 3.05) is 32.8 Å². The van der Waals surface area contributed by atoms with E-state index < -0.39 is 11.6 Å². The van der Waals surface area contributed by atoms with Crippen LogP contribution in [0.3, 0.4) is 0 Å². The lowest BCUT2D eigenvalue weighted by Gasteiger charge is -2.32. The number of nitrogens with zero attached hydrogens (tertiary/aromatic N) is 4. The quantitative estimate of drug-likeness (QED) is 0.383. The Hall–Kier alpha value is -4.17. The monoisotopic (exact) mass is 549 g/mol. The number of piperidine rings is 1. The van der Waals surface area contributed by atoms with Gasteiger partial charge < -0.3 is 34.5 Å². The Balaban J connectivity index is 0.000000643. The van der Waals surface area contributed by atoms with E-state index in [1.165, 1.54) is 22.8 Å². The minimum Gasteiger partial charge on any atom is -0.484 e. The van der Waals surface area contributed by atoms with Crippen LogP contribution in [-0.4, -0.2) is 81.7 Å². The van der Waals surface area contributed by atoms with Gasteiger partial charge in [0.25, 0.3) is 24.4 Å². The molecule has 0 aliphatic carbocycles. The number of halogens is 2. The van der Waals surface area contributed by atoms with Crippen molar-refractivity contribution >= 4 is 23.8 Å². The first-order chi connectivity index (χ1) is 18.9. The van der Waals surface area contributed by atoms with Crippen LogP contribution >= 0.6 is 0 Å². The Kier molecular flexibility index (Phi) is 11.1. The van der Waals surface area contributed by atoms with Crippen molar-refractivity contribution in [3.63, 3.8) is 0 Å². The Morgan fingerprint density at radius 3 is 2.41 bits per heavy atom. The summed E-state index contributed by atoms with van der Waals surface area (Å²) >= 11 is 0. The summed E-state index contributed by atoms with van der Waals surface area (Å²) in [6, 6.07) is 7.01. The van der Waals surface area contributed by atoms with Gasteiger partial charge in [0, 0.05) is 49.3 Å². The van der Waals surface area contributed by atoms with Crippen LogP contribution in [0.1, 0.15) is 18.5 Å². The molecule has 3 N–H and O–H groups in total. The van der Waals surface area contributed by atoms with E-state index in [0.717, 1.165) is 37.7 Å². The number of ether oxygens (including phenoxy) is 2. The van der Waals surface area contributed by atoms with Crippen molar-refractivity contribution in [1.82, 2.24) is 25.0 Å². The maximum absolute atomic E-state index is 14.1. The van der Waals surface area contributed by atoms with E-state index in [9.17, 15) is 13.6 Å². The predicted octanol–water partition coefficient (Wildman–Crippen LogP) is 1.50. The topological polar surface area (TPSA) is 156 Å². The van der Waals surface area contributed by atoms with Gasteiger partial charge >= 0.3 is 0 Å². The van der Waals surface area contributed by atoms with Gasteiger partial charge in [-0.2, -0.15) is 5.10 Å². The molecule has 0 atom stereocenters. The standard InChI is InChI=1S/C23H25F2N5O3.2CH2O2/c24-15-11-19(25)18-1-2-22(31)30(20(18)12-15)8-7-29-5-3-16(4-6-29)26-14-17-13-21-23(28-27-17)33-10-9-32-21;2*2-1-3/h1-2,11-13,16,26H,3-10,14H2;2*1H,(H,2,3). The fourth-order valence-electron chi connectivity index (χ4n) is 4.39. The van der Waals surface area contributed by atoms with Crippen LogP contribution in [0, 0.1) is 11.6 Å². The molecule has 0 unspecified atom stereocenters. The van der Waals surface area contributed by atoms with Gasteiger partial charge in [0.1, 0.15) is 24.8 Å². The number of carbonyl (C=O) groups is 2. The molecular weight excluding hydrogens is 520 g/mol. The summed E-state index contributed by atoms with van der Waals surface area (Å²) in [7, 11) is 0. The smallest absolute Gasteiger partial charge is 0.290 e. The third-order valence-electron chi connectivity index (χ3n) is 6.18. The first kappa shape index (κ1) is 29.4. The molecule has 0 spiro atoms. The molecule has 210 valence electrons. The van der Waals surface area contributed by atoms with Gasteiger partial charge in [-0.1, -0.05) is 0 Å². The maximum atomic E-state index is 14.1. The van der Waals surface area contributed by atoms with Crippen molar-refractivity contribution < 1.29 is 38.1 Å². The molecule has 2 aromatic heterocycles. The highest BCUT2D eigenvalue weighted by Gasteiger charge is 2.20. The van der Waals surface area contributed by atoms with Crippen LogP contribution in [0.15, 0.2) is 35.1 Å². The number of nitrogens with one attached hydrogen (secondary N) is 1. The zero-order valence-corrected chi connectivity index (χ0v) is 21.0. The number of fused-ring (bicyclic) bond motifs is 2. The summed E-state index contributed by atoms with van der Waals surface area (Å²) < 4.78 is 40.2. The maximum Gasteiger partial charge on any atom is 0.290 e. The van der Waals surface area contributed by atoms with E-state index in [1.807, 2.05) is 6.07 Å². The molecule has 12 nitrogen and oxygen atoms in total. The van der Waals surface area contributed by atoms with Crippen molar-refractivity contribution in [2.24, 2.45) is 0 Å². The van der Waals surface area contributed by atoms with Gasteiger partial charge in [0.15, 0.2) is 5.75 Å². The zero-order valence-electron chi connectivity index (χ0n) is 21.0. The SMILES string of the molecule is O=CO.O=CO.O=c1ccc2c(F)cc(F)cc2n1CCN1CCC(NCc2cc3c(nn2)OCCO3)CC1. The molecule has 5 rings (SSSR count). The molecule has 0 radical (unpaired) electrons. The van der Waals surface area contributed by atoms with Gasteiger partial charge in [-0.15, -0.1) is 5.10 Å². The minimum atomic E-state index is -0.686. The summed E-state index contributed by atoms with van der Waals surface area (Å²) in [6.45, 7) is 3.84. The average molecular weight is 550 g/mol. The molecule has 1 aromatic carbocycles. The number of carboxylic acid groups (broad SMARTS) is 2. The Morgan fingerprint density at radius 2 is 1.69 bits per heavy atom. The van der Waals surface area contributed by atoms with E-state index >= 15 is 0 Å². The number of likely N-dealkylation sites (tertiary alicyclic amines) is 1. The number of rotatable bonds is 6. The summed E-state index contributed by atoms with van der Waals surface area (Å²) in [6.07, 6.45) is 1.90. The summed E-state index contributed by atoms with van der Waals surface area (Å²) in [5.41, 5.74) is 0.832. The van der Waals surface area contributed by atoms with E-state index in [0.29, 0.717) is 50.5 Å². The Labute approximate surface area is 221 Å². The molecule has 0 amide bonds. The summed E-state index contributed by atoms with van der Waals surface area (Å²) in [4.78, 5) is 31.3. The highest BCUT2D eigenvalue weighted by Crippen LogP contribution is 2.26. The molecule has 1 saturated heterocycles. The van der Waals surface area contributed by atoms with Crippen LogP contribution in [-0.2, 0) is 22.7 Å². The van der Waals surface area contributed by atoms with Crippen LogP contribution < -0.4 is 20.3 Å². The second kappa shape index (κ2) is 14.7. The molecule has 1 fully saturated rings. The Bertz CT molecular complexity index is 1310. The summed E-state index contributed by atoms with van der Waals surface area (Å²) in [5.74, 6) is -0.275. The number of pyridine rings is 1. The number of hydrogen-bond donors (Lipinski definition) is 3. The van der Waals surface area contributed by atoms with Crippen LogP contribution in [0.2, 0.25) is 0 Å². The molecule has 14 heteroatoms.